The third-order valence-electron chi connectivity index (χ3n) is 5.56. The summed E-state index contributed by atoms with van der Waals surface area (Å²) in [5.41, 5.74) is 4.91. The highest BCUT2D eigenvalue weighted by atomic mass is 32.2. The third kappa shape index (κ3) is 2.74. The fourth-order valence-electron chi connectivity index (χ4n) is 4.31. The normalized spacial score (nSPS) is 18.1. The second kappa shape index (κ2) is 7.23. The first-order chi connectivity index (χ1) is 12.8. The van der Waals surface area contributed by atoms with E-state index in [2.05, 4.69) is 73.1 Å². The van der Waals surface area contributed by atoms with Crippen LogP contribution in [0.15, 0.2) is 53.4 Å². The lowest BCUT2D eigenvalue weighted by Crippen LogP contribution is -2.27. The lowest BCUT2D eigenvalue weighted by Gasteiger charge is -2.22. The monoisotopic (exact) mass is 360 g/mol. The Kier molecular flexibility index (Phi) is 4.80. The number of thioether (sulfide) groups is 1. The molecule has 0 aliphatic carbocycles. The van der Waals surface area contributed by atoms with Crippen LogP contribution in [-0.2, 0) is 0 Å². The molecule has 2 aromatic carbocycles. The molecule has 1 aromatic heterocycles. The van der Waals surface area contributed by atoms with E-state index >= 15 is 0 Å². The van der Waals surface area contributed by atoms with E-state index in [-0.39, 0.29) is 0 Å². The van der Waals surface area contributed by atoms with Gasteiger partial charge < -0.3 is 5.32 Å². The molecule has 1 fully saturated rings. The number of rotatable bonds is 4. The molecule has 26 heavy (non-hydrogen) atoms. The fraction of sp³-hybridized carbons (Fsp3) is 0.304. The smallest absolute Gasteiger partial charge is 0.0671 e. The first kappa shape index (κ1) is 17.3. The Labute approximate surface area is 160 Å². The van der Waals surface area contributed by atoms with Crippen LogP contribution in [0.25, 0.3) is 22.2 Å². The summed E-state index contributed by atoms with van der Waals surface area (Å²) in [4.78, 5) is 1.26. The predicted octanol–water partition coefficient (Wildman–Crippen LogP) is 5.32. The quantitative estimate of drug-likeness (QED) is 0.501. The molecule has 2 atom stereocenters. The molecule has 1 N–H and O–H groups in total. The van der Waals surface area contributed by atoms with Crippen molar-refractivity contribution in [3.05, 3.63) is 54.1 Å². The van der Waals surface area contributed by atoms with Crippen molar-refractivity contribution in [1.82, 2.24) is 9.88 Å². The van der Waals surface area contributed by atoms with Gasteiger partial charge in [0, 0.05) is 27.9 Å². The van der Waals surface area contributed by atoms with Crippen LogP contribution < -0.4 is 5.32 Å². The Balaban J connectivity index is 2.04. The van der Waals surface area contributed by atoms with E-state index in [1.807, 2.05) is 4.57 Å². The van der Waals surface area contributed by atoms with Crippen molar-refractivity contribution in [2.24, 2.45) is 0 Å². The van der Waals surface area contributed by atoms with Crippen molar-refractivity contribution in [1.29, 1.82) is 0 Å². The Hall–Kier alpha value is -2.15. The summed E-state index contributed by atoms with van der Waals surface area (Å²) in [5.74, 6) is 0.405. The standard InChI is InChI=1S/C23H24N2S/c1-4-25-20-13-7-5-10-17(20)22(16(2)19-12-9-15-24-19)23(25)18-11-6-8-14-21(18)26-3/h1,5-8,10-11,13-14,16,19,24H,9,12,15H2,2-3H3. The van der Waals surface area contributed by atoms with Gasteiger partial charge in [-0.2, -0.15) is 0 Å². The van der Waals surface area contributed by atoms with Crippen LogP contribution in [0.4, 0.5) is 0 Å². The Morgan fingerprint density at radius 1 is 1.19 bits per heavy atom. The van der Waals surface area contributed by atoms with E-state index in [0.29, 0.717) is 12.0 Å². The van der Waals surface area contributed by atoms with Crippen molar-refractivity contribution in [2.75, 3.05) is 12.8 Å². The van der Waals surface area contributed by atoms with E-state index < -0.39 is 0 Å². The number of nitrogens with zero attached hydrogens (tertiary/aromatic N) is 1. The lowest BCUT2D eigenvalue weighted by molar-refractivity contribution is 0.520. The summed E-state index contributed by atoms with van der Waals surface area (Å²) in [6.07, 6.45) is 10.6. The Morgan fingerprint density at radius 2 is 1.96 bits per heavy atom. The summed E-state index contributed by atoms with van der Waals surface area (Å²) < 4.78 is 2.05. The molecule has 0 bridgehead atoms. The molecule has 2 unspecified atom stereocenters. The zero-order valence-corrected chi connectivity index (χ0v) is 16.1. The molecule has 0 saturated carbocycles. The maximum atomic E-state index is 6.00. The first-order valence-corrected chi connectivity index (χ1v) is 10.5. The molecule has 0 spiro atoms. The minimum atomic E-state index is 0.405. The molecule has 0 amide bonds. The van der Waals surface area contributed by atoms with Crippen molar-refractivity contribution >= 4 is 22.7 Å². The van der Waals surface area contributed by atoms with Gasteiger partial charge in [-0.15, -0.1) is 11.8 Å². The lowest BCUT2D eigenvalue weighted by atomic mass is 9.88. The number of aromatic nitrogens is 1. The van der Waals surface area contributed by atoms with Gasteiger partial charge in [0.25, 0.3) is 0 Å². The molecule has 1 aliphatic rings. The SMILES string of the molecule is C#Cn1c(-c2ccccc2SC)c(C(C)C2CCCN2)c2ccccc21. The van der Waals surface area contributed by atoms with Crippen LogP contribution in [-0.4, -0.2) is 23.4 Å². The van der Waals surface area contributed by atoms with E-state index in [9.17, 15) is 0 Å². The number of hydrogen-bond acceptors (Lipinski definition) is 2. The Bertz CT molecular complexity index is 974. The number of fused-ring (bicyclic) bond motifs is 1. The fourth-order valence-corrected chi connectivity index (χ4v) is 4.90. The highest BCUT2D eigenvalue weighted by molar-refractivity contribution is 7.98. The zero-order chi connectivity index (χ0) is 18.1. The van der Waals surface area contributed by atoms with Gasteiger partial charge in [0.15, 0.2) is 0 Å². The summed E-state index contributed by atoms with van der Waals surface area (Å²) in [7, 11) is 0. The molecule has 2 nitrogen and oxygen atoms in total. The number of nitrogens with one attached hydrogen (secondary N) is 1. The molecule has 3 heteroatoms. The minimum absolute atomic E-state index is 0.405. The number of benzene rings is 2. The van der Waals surface area contributed by atoms with Gasteiger partial charge in [-0.25, -0.2) is 0 Å². The van der Waals surface area contributed by atoms with Crippen LogP contribution in [0.3, 0.4) is 0 Å². The van der Waals surface area contributed by atoms with Crippen LogP contribution in [0, 0.1) is 12.5 Å². The Morgan fingerprint density at radius 3 is 2.69 bits per heavy atom. The molecular formula is C23H24N2S. The second-order valence-electron chi connectivity index (χ2n) is 6.94. The average Bonchev–Trinajstić information content (AvgIpc) is 3.33. The van der Waals surface area contributed by atoms with E-state index in [0.717, 1.165) is 12.1 Å². The molecule has 1 aliphatic heterocycles. The number of hydrogen-bond donors (Lipinski definition) is 1. The van der Waals surface area contributed by atoms with E-state index in [4.69, 9.17) is 6.42 Å². The molecule has 2 heterocycles. The van der Waals surface area contributed by atoms with Crippen LogP contribution in [0.1, 0.15) is 31.2 Å². The van der Waals surface area contributed by atoms with Gasteiger partial charge in [0.1, 0.15) is 0 Å². The largest absolute Gasteiger partial charge is 0.313 e. The number of para-hydroxylation sites is 1. The predicted molar refractivity (Wildman–Crippen MR) is 113 cm³/mol. The van der Waals surface area contributed by atoms with Crippen molar-refractivity contribution < 1.29 is 0 Å². The molecule has 132 valence electrons. The third-order valence-corrected chi connectivity index (χ3v) is 6.36. The van der Waals surface area contributed by atoms with Gasteiger partial charge >= 0.3 is 0 Å². The van der Waals surface area contributed by atoms with Crippen molar-refractivity contribution in [2.45, 2.75) is 36.6 Å². The summed E-state index contributed by atoms with van der Waals surface area (Å²) in [6.45, 7) is 3.45. The first-order valence-electron chi connectivity index (χ1n) is 9.23. The van der Waals surface area contributed by atoms with Gasteiger partial charge in [0.05, 0.1) is 11.2 Å². The molecule has 1 saturated heterocycles. The highest BCUT2D eigenvalue weighted by Crippen LogP contribution is 2.42. The van der Waals surface area contributed by atoms with Gasteiger partial charge in [-0.1, -0.05) is 49.7 Å². The van der Waals surface area contributed by atoms with E-state index in [1.165, 1.54) is 39.9 Å². The van der Waals surface area contributed by atoms with Gasteiger partial charge in [-0.3, -0.25) is 4.57 Å². The summed E-state index contributed by atoms with van der Waals surface area (Å²) in [6, 6.07) is 20.6. The van der Waals surface area contributed by atoms with Crippen LogP contribution in [0.2, 0.25) is 0 Å². The maximum Gasteiger partial charge on any atom is 0.0671 e. The summed E-state index contributed by atoms with van der Waals surface area (Å²) >= 11 is 1.77. The van der Waals surface area contributed by atoms with Gasteiger partial charge in [0.2, 0.25) is 0 Å². The van der Waals surface area contributed by atoms with Crippen LogP contribution in [0.5, 0.6) is 0 Å². The minimum Gasteiger partial charge on any atom is -0.313 e. The van der Waals surface area contributed by atoms with Gasteiger partial charge in [-0.05, 0) is 49.3 Å². The molecule has 3 aromatic rings. The van der Waals surface area contributed by atoms with Crippen LogP contribution >= 0.6 is 11.8 Å². The molecule has 4 rings (SSSR count). The molecular weight excluding hydrogens is 336 g/mol. The second-order valence-corrected chi connectivity index (χ2v) is 7.78. The summed E-state index contributed by atoms with van der Waals surface area (Å²) in [5, 5.41) is 4.96. The van der Waals surface area contributed by atoms with Crippen molar-refractivity contribution in [3.8, 4) is 23.7 Å². The van der Waals surface area contributed by atoms with Crippen molar-refractivity contribution in [3.63, 3.8) is 0 Å². The zero-order valence-electron chi connectivity index (χ0n) is 15.3. The molecule has 0 radical (unpaired) electrons. The maximum absolute atomic E-state index is 6.00. The van der Waals surface area contributed by atoms with E-state index in [1.54, 1.807) is 11.8 Å². The topological polar surface area (TPSA) is 17.0 Å². The highest BCUT2D eigenvalue weighted by Gasteiger charge is 2.29. The average molecular weight is 361 g/mol. The number of terminal acetylenes is 1.